The fourth-order valence-electron chi connectivity index (χ4n) is 1.00. The second-order valence-corrected chi connectivity index (χ2v) is 3.97. The van der Waals surface area contributed by atoms with Crippen molar-refractivity contribution in [2.24, 2.45) is 0 Å². The lowest BCUT2D eigenvalue weighted by Crippen LogP contribution is -1.93. The minimum Gasteiger partial charge on any atom is -0.486 e. The van der Waals surface area contributed by atoms with E-state index in [4.69, 9.17) is 9.26 Å². The van der Waals surface area contributed by atoms with Crippen LogP contribution in [0.3, 0.4) is 0 Å². The molecule has 0 atom stereocenters. The van der Waals surface area contributed by atoms with Gasteiger partial charge in [0.15, 0.2) is 5.76 Å². The summed E-state index contributed by atoms with van der Waals surface area (Å²) < 4.78 is 11.6. The maximum atomic E-state index is 5.47. The molecule has 0 saturated heterocycles. The molecule has 14 heavy (non-hydrogen) atoms. The number of halogens is 1. The molecule has 1 heterocycles. The van der Waals surface area contributed by atoms with E-state index in [2.05, 4.69) is 27.7 Å². The van der Waals surface area contributed by atoms with Crippen molar-refractivity contribution in [3.8, 4) is 5.75 Å². The molecule has 0 bridgehead atoms. The SMILES string of the molecule is Ic1ccc(OCc2ccno2)cc1. The summed E-state index contributed by atoms with van der Waals surface area (Å²) in [6, 6.07) is 9.63. The molecule has 0 aliphatic heterocycles. The molecule has 72 valence electrons. The summed E-state index contributed by atoms with van der Waals surface area (Å²) in [6.07, 6.45) is 1.60. The van der Waals surface area contributed by atoms with Crippen LogP contribution >= 0.6 is 22.6 Å². The van der Waals surface area contributed by atoms with Crippen LogP contribution in [0.25, 0.3) is 0 Å². The van der Waals surface area contributed by atoms with Crippen molar-refractivity contribution in [3.05, 3.63) is 45.9 Å². The van der Waals surface area contributed by atoms with Crippen molar-refractivity contribution >= 4 is 22.6 Å². The number of nitrogens with zero attached hydrogens (tertiary/aromatic N) is 1. The fourth-order valence-corrected chi connectivity index (χ4v) is 1.36. The molecular weight excluding hydrogens is 293 g/mol. The molecule has 0 aliphatic carbocycles. The number of ether oxygens (including phenoxy) is 1. The van der Waals surface area contributed by atoms with Gasteiger partial charge in [-0.15, -0.1) is 0 Å². The van der Waals surface area contributed by atoms with E-state index >= 15 is 0 Å². The van der Waals surface area contributed by atoms with Gasteiger partial charge in [0.25, 0.3) is 0 Å². The molecule has 0 fully saturated rings. The highest BCUT2D eigenvalue weighted by Crippen LogP contribution is 2.14. The van der Waals surface area contributed by atoms with Crippen LogP contribution in [0.5, 0.6) is 5.75 Å². The van der Waals surface area contributed by atoms with E-state index in [9.17, 15) is 0 Å². The molecule has 0 aliphatic rings. The largest absolute Gasteiger partial charge is 0.486 e. The lowest BCUT2D eigenvalue weighted by Gasteiger charge is -2.02. The zero-order valence-corrected chi connectivity index (χ0v) is 9.47. The lowest BCUT2D eigenvalue weighted by atomic mass is 10.3. The molecule has 0 unspecified atom stereocenters. The zero-order valence-electron chi connectivity index (χ0n) is 7.31. The molecule has 0 spiro atoms. The lowest BCUT2D eigenvalue weighted by molar-refractivity contribution is 0.249. The highest BCUT2D eigenvalue weighted by atomic mass is 127. The van der Waals surface area contributed by atoms with Gasteiger partial charge in [-0.3, -0.25) is 0 Å². The Hall–Kier alpha value is -1.04. The number of aromatic nitrogens is 1. The van der Waals surface area contributed by atoms with Crippen molar-refractivity contribution in [3.63, 3.8) is 0 Å². The van der Waals surface area contributed by atoms with Crippen LogP contribution in [-0.4, -0.2) is 5.16 Å². The molecular formula is C10H8INO2. The Morgan fingerprint density at radius 1 is 1.21 bits per heavy atom. The van der Waals surface area contributed by atoms with Gasteiger partial charge in [-0.25, -0.2) is 0 Å². The summed E-state index contributed by atoms with van der Waals surface area (Å²) in [7, 11) is 0. The Morgan fingerprint density at radius 2 is 2.00 bits per heavy atom. The number of hydrogen-bond donors (Lipinski definition) is 0. The molecule has 2 rings (SSSR count). The van der Waals surface area contributed by atoms with E-state index in [-0.39, 0.29) is 0 Å². The second kappa shape index (κ2) is 4.45. The molecule has 4 heteroatoms. The minimum atomic E-state index is 0.417. The Labute approximate surface area is 95.2 Å². The van der Waals surface area contributed by atoms with E-state index in [1.807, 2.05) is 24.3 Å². The van der Waals surface area contributed by atoms with Gasteiger partial charge in [-0.1, -0.05) is 5.16 Å². The molecule has 1 aromatic carbocycles. The highest BCUT2D eigenvalue weighted by Gasteiger charge is 1.98. The molecule has 3 nitrogen and oxygen atoms in total. The van der Waals surface area contributed by atoms with E-state index in [1.54, 1.807) is 12.3 Å². The Bertz CT molecular complexity index is 383. The first-order valence-electron chi connectivity index (χ1n) is 4.12. The van der Waals surface area contributed by atoms with E-state index in [0.29, 0.717) is 6.61 Å². The average Bonchev–Trinajstić information content (AvgIpc) is 2.70. The van der Waals surface area contributed by atoms with E-state index in [0.717, 1.165) is 11.5 Å². The van der Waals surface area contributed by atoms with Crippen LogP contribution < -0.4 is 4.74 Å². The molecule has 1 aromatic heterocycles. The van der Waals surface area contributed by atoms with Crippen molar-refractivity contribution in [2.75, 3.05) is 0 Å². The van der Waals surface area contributed by atoms with Crippen LogP contribution in [0.15, 0.2) is 41.1 Å². The summed E-state index contributed by atoms with van der Waals surface area (Å²) in [4.78, 5) is 0. The zero-order chi connectivity index (χ0) is 9.80. The Morgan fingerprint density at radius 3 is 2.64 bits per heavy atom. The van der Waals surface area contributed by atoms with Crippen LogP contribution in [0.4, 0.5) is 0 Å². The monoisotopic (exact) mass is 301 g/mol. The summed E-state index contributed by atoms with van der Waals surface area (Å²) >= 11 is 2.25. The van der Waals surface area contributed by atoms with Crippen molar-refractivity contribution in [2.45, 2.75) is 6.61 Å². The predicted molar refractivity (Wildman–Crippen MR) is 60.0 cm³/mol. The normalized spacial score (nSPS) is 10.1. The topological polar surface area (TPSA) is 35.3 Å². The van der Waals surface area contributed by atoms with Crippen LogP contribution in [0.1, 0.15) is 5.76 Å². The average molecular weight is 301 g/mol. The summed E-state index contributed by atoms with van der Waals surface area (Å²) in [6.45, 7) is 0.417. The molecule has 0 N–H and O–H groups in total. The van der Waals surface area contributed by atoms with Crippen molar-refractivity contribution in [1.82, 2.24) is 5.16 Å². The predicted octanol–water partition coefficient (Wildman–Crippen LogP) is 2.86. The van der Waals surface area contributed by atoms with Gasteiger partial charge in [-0.2, -0.15) is 0 Å². The minimum absolute atomic E-state index is 0.417. The first kappa shape index (κ1) is 9.51. The molecule has 0 radical (unpaired) electrons. The molecule has 0 amide bonds. The number of hydrogen-bond acceptors (Lipinski definition) is 3. The third kappa shape index (κ3) is 2.47. The van der Waals surface area contributed by atoms with Gasteiger partial charge in [0, 0.05) is 9.64 Å². The van der Waals surface area contributed by atoms with Crippen LogP contribution in [0.2, 0.25) is 0 Å². The third-order valence-corrected chi connectivity index (χ3v) is 2.41. The van der Waals surface area contributed by atoms with Crippen molar-refractivity contribution < 1.29 is 9.26 Å². The second-order valence-electron chi connectivity index (χ2n) is 2.72. The third-order valence-electron chi connectivity index (χ3n) is 1.69. The smallest absolute Gasteiger partial charge is 0.174 e. The standard InChI is InChI=1S/C10H8INO2/c11-8-1-3-9(4-2-8)13-7-10-5-6-12-14-10/h1-6H,7H2. The van der Waals surface area contributed by atoms with Gasteiger partial charge in [0.05, 0.1) is 6.20 Å². The van der Waals surface area contributed by atoms with E-state index < -0.39 is 0 Å². The summed E-state index contributed by atoms with van der Waals surface area (Å²) in [5, 5.41) is 3.59. The fraction of sp³-hybridized carbons (Fsp3) is 0.100. The van der Waals surface area contributed by atoms with Gasteiger partial charge in [0.2, 0.25) is 0 Å². The maximum absolute atomic E-state index is 5.47. The summed E-state index contributed by atoms with van der Waals surface area (Å²) in [5.41, 5.74) is 0. The first-order chi connectivity index (χ1) is 6.84. The number of rotatable bonds is 3. The summed E-state index contributed by atoms with van der Waals surface area (Å²) in [5.74, 6) is 1.56. The van der Waals surface area contributed by atoms with Gasteiger partial charge >= 0.3 is 0 Å². The number of benzene rings is 1. The maximum Gasteiger partial charge on any atom is 0.174 e. The van der Waals surface area contributed by atoms with Gasteiger partial charge < -0.3 is 9.26 Å². The van der Waals surface area contributed by atoms with Crippen LogP contribution in [-0.2, 0) is 6.61 Å². The Kier molecular flexibility index (Phi) is 3.03. The highest BCUT2D eigenvalue weighted by molar-refractivity contribution is 14.1. The van der Waals surface area contributed by atoms with Gasteiger partial charge in [-0.05, 0) is 46.9 Å². The first-order valence-corrected chi connectivity index (χ1v) is 5.20. The quantitative estimate of drug-likeness (QED) is 0.818. The van der Waals surface area contributed by atoms with Crippen molar-refractivity contribution in [1.29, 1.82) is 0 Å². The van der Waals surface area contributed by atoms with Gasteiger partial charge in [0.1, 0.15) is 12.4 Å². The Balaban J connectivity index is 1.95. The van der Waals surface area contributed by atoms with E-state index in [1.165, 1.54) is 3.57 Å². The van der Waals surface area contributed by atoms with Crippen LogP contribution in [0, 0.1) is 3.57 Å². The molecule has 2 aromatic rings. The molecule has 0 saturated carbocycles.